The van der Waals surface area contributed by atoms with E-state index in [1.807, 2.05) is 6.07 Å². The molecule has 0 atom stereocenters. The van der Waals surface area contributed by atoms with Crippen molar-refractivity contribution in [3.63, 3.8) is 0 Å². The lowest BCUT2D eigenvalue weighted by Crippen LogP contribution is -2.02. The second-order valence-corrected chi connectivity index (χ2v) is 5.60. The SMILES string of the molecule is O=C(O)c1cc(-c2ccc3c(c2)CCCC3)ccc1Cl. The van der Waals surface area contributed by atoms with Crippen molar-refractivity contribution in [1.29, 1.82) is 0 Å². The topological polar surface area (TPSA) is 37.3 Å². The molecule has 0 heterocycles. The summed E-state index contributed by atoms with van der Waals surface area (Å²) in [5.74, 6) is -0.991. The van der Waals surface area contributed by atoms with Crippen molar-refractivity contribution >= 4 is 17.6 Å². The van der Waals surface area contributed by atoms with Gasteiger partial charge in [0.2, 0.25) is 0 Å². The normalized spacial score (nSPS) is 13.8. The first-order valence-corrected chi connectivity index (χ1v) is 7.18. The van der Waals surface area contributed by atoms with Crippen LogP contribution in [0, 0.1) is 0 Å². The van der Waals surface area contributed by atoms with Gasteiger partial charge in [-0.15, -0.1) is 0 Å². The maximum Gasteiger partial charge on any atom is 0.337 e. The third-order valence-electron chi connectivity index (χ3n) is 3.88. The molecular formula is C17H15ClO2. The molecule has 0 spiro atoms. The number of carbonyl (C=O) groups is 1. The Morgan fingerprint density at radius 1 is 0.950 bits per heavy atom. The second kappa shape index (κ2) is 5.29. The predicted octanol–water partition coefficient (Wildman–Crippen LogP) is 4.58. The van der Waals surface area contributed by atoms with Crippen LogP contribution in [0.25, 0.3) is 11.1 Å². The Balaban J connectivity index is 2.05. The van der Waals surface area contributed by atoms with Crippen molar-refractivity contribution in [2.45, 2.75) is 25.7 Å². The number of hydrogen-bond donors (Lipinski definition) is 1. The molecule has 0 aliphatic heterocycles. The van der Waals surface area contributed by atoms with E-state index in [1.54, 1.807) is 12.1 Å². The summed E-state index contributed by atoms with van der Waals surface area (Å²) in [6, 6.07) is 11.6. The van der Waals surface area contributed by atoms with Crippen molar-refractivity contribution < 1.29 is 9.90 Å². The molecule has 0 saturated heterocycles. The highest BCUT2D eigenvalue weighted by Gasteiger charge is 2.13. The van der Waals surface area contributed by atoms with E-state index < -0.39 is 5.97 Å². The van der Waals surface area contributed by atoms with E-state index in [1.165, 1.54) is 24.0 Å². The molecule has 3 rings (SSSR count). The number of benzene rings is 2. The maximum atomic E-state index is 11.2. The van der Waals surface area contributed by atoms with Crippen LogP contribution in [0.4, 0.5) is 0 Å². The summed E-state index contributed by atoms with van der Waals surface area (Å²) >= 11 is 5.91. The number of aryl methyl sites for hydroxylation is 2. The van der Waals surface area contributed by atoms with E-state index in [4.69, 9.17) is 16.7 Å². The lowest BCUT2D eigenvalue weighted by molar-refractivity contribution is 0.0697. The molecule has 102 valence electrons. The number of fused-ring (bicyclic) bond motifs is 1. The Morgan fingerprint density at radius 3 is 2.35 bits per heavy atom. The molecular weight excluding hydrogens is 272 g/mol. The molecule has 0 saturated carbocycles. The zero-order valence-electron chi connectivity index (χ0n) is 11.0. The van der Waals surface area contributed by atoms with Crippen molar-refractivity contribution in [2.24, 2.45) is 0 Å². The summed E-state index contributed by atoms with van der Waals surface area (Å²) in [5.41, 5.74) is 4.93. The molecule has 0 radical (unpaired) electrons. The highest BCUT2D eigenvalue weighted by atomic mass is 35.5. The molecule has 0 unspecified atom stereocenters. The maximum absolute atomic E-state index is 11.2. The monoisotopic (exact) mass is 286 g/mol. The van der Waals surface area contributed by atoms with Gasteiger partial charge in [0, 0.05) is 0 Å². The second-order valence-electron chi connectivity index (χ2n) is 5.19. The minimum absolute atomic E-state index is 0.155. The fraction of sp³-hybridized carbons (Fsp3) is 0.235. The van der Waals surface area contributed by atoms with Crippen LogP contribution in [-0.4, -0.2) is 11.1 Å². The van der Waals surface area contributed by atoms with Crippen LogP contribution < -0.4 is 0 Å². The van der Waals surface area contributed by atoms with Crippen LogP contribution in [0.3, 0.4) is 0 Å². The number of carboxylic acids is 1. The first-order valence-electron chi connectivity index (χ1n) is 6.80. The van der Waals surface area contributed by atoms with Gasteiger partial charge in [-0.1, -0.05) is 35.9 Å². The van der Waals surface area contributed by atoms with Gasteiger partial charge in [-0.3, -0.25) is 0 Å². The van der Waals surface area contributed by atoms with Gasteiger partial charge >= 0.3 is 5.97 Å². The van der Waals surface area contributed by atoms with E-state index in [2.05, 4.69) is 18.2 Å². The van der Waals surface area contributed by atoms with Crippen LogP contribution in [0.15, 0.2) is 36.4 Å². The smallest absolute Gasteiger partial charge is 0.337 e. The first-order chi connectivity index (χ1) is 9.65. The molecule has 0 aromatic heterocycles. The lowest BCUT2D eigenvalue weighted by Gasteiger charge is -2.16. The molecule has 20 heavy (non-hydrogen) atoms. The first kappa shape index (κ1) is 13.2. The average molecular weight is 287 g/mol. The highest BCUT2D eigenvalue weighted by Crippen LogP contribution is 2.29. The van der Waals surface area contributed by atoms with Gasteiger partial charge in [-0.25, -0.2) is 4.79 Å². The van der Waals surface area contributed by atoms with Crippen LogP contribution in [0.2, 0.25) is 5.02 Å². The quantitative estimate of drug-likeness (QED) is 0.877. The molecule has 2 nitrogen and oxygen atoms in total. The van der Waals surface area contributed by atoms with Crippen molar-refractivity contribution in [2.75, 3.05) is 0 Å². The zero-order chi connectivity index (χ0) is 14.1. The number of hydrogen-bond acceptors (Lipinski definition) is 1. The van der Waals surface area contributed by atoms with Crippen molar-refractivity contribution in [1.82, 2.24) is 0 Å². The Hall–Kier alpha value is -1.80. The lowest BCUT2D eigenvalue weighted by atomic mass is 9.89. The molecule has 1 aliphatic rings. The summed E-state index contributed by atoms with van der Waals surface area (Å²) in [7, 11) is 0. The van der Waals surface area contributed by atoms with Gasteiger partial charge in [-0.2, -0.15) is 0 Å². The molecule has 0 bridgehead atoms. The fourth-order valence-corrected chi connectivity index (χ4v) is 2.98. The molecule has 1 aliphatic carbocycles. The van der Waals surface area contributed by atoms with Crippen LogP contribution >= 0.6 is 11.6 Å². The Labute approximate surface area is 123 Å². The van der Waals surface area contributed by atoms with Crippen LogP contribution in [0.5, 0.6) is 0 Å². The Kier molecular flexibility index (Phi) is 3.49. The Bertz CT molecular complexity index is 677. The fourth-order valence-electron chi connectivity index (χ4n) is 2.78. The minimum atomic E-state index is -0.991. The summed E-state index contributed by atoms with van der Waals surface area (Å²) in [6.07, 6.45) is 4.76. The van der Waals surface area contributed by atoms with Crippen LogP contribution in [0.1, 0.15) is 34.3 Å². The number of halogens is 1. The van der Waals surface area contributed by atoms with Gasteiger partial charge in [-0.05, 0) is 60.1 Å². The summed E-state index contributed by atoms with van der Waals surface area (Å²) in [6.45, 7) is 0. The standard InChI is InChI=1S/C17H15ClO2/c18-16-8-7-14(10-15(16)17(19)20)13-6-5-11-3-1-2-4-12(11)9-13/h5-10H,1-4H2,(H,19,20). The summed E-state index contributed by atoms with van der Waals surface area (Å²) in [5, 5.41) is 9.42. The van der Waals surface area contributed by atoms with Gasteiger partial charge < -0.3 is 5.11 Å². The summed E-state index contributed by atoms with van der Waals surface area (Å²) < 4.78 is 0. The highest BCUT2D eigenvalue weighted by molar-refractivity contribution is 6.33. The molecule has 2 aromatic carbocycles. The third-order valence-corrected chi connectivity index (χ3v) is 4.21. The van der Waals surface area contributed by atoms with Gasteiger partial charge in [0.05, 0.1) is 10.6 Å². The molecule has 0 fully saturated rings. The van der Waals surface area contributed by atoms with Crippen molar-refractivity contribution in [3.8, 4) is 11.1 Å². The Morgan fingerprint density at radius 2 is 1.60 bits per heavy atom. The van der Waals surface area contributed by atoms with Gasteiger partial charge in [0.25, 0.3) is 0 Å². The molecule has 1 N–H and O–H groups in total. The predicted molar refractivity (Wildman–Crippen MR) is 80.5 cm³/mol. The van der Waals surface area contributed by atoms with Gasteiger partial charge in [0.1, 0.15) is 0 Å². The van der Waals surface area contributed by atoms with Crippen LogP contribution in [-0.2, 0) is 12.8 Å². The van der Waals surface area contributed by atoms with Crippen molar-refractivity contribution in [3.05, 3.63) is 58.1 Å². The van der Waals surface area contributed by atoms with E-state index in [9.17, 15) is 4.79 Å². The van der Waals surface area contributed by atoms with E-state index in [-0.39, 0.29) is 10.6 Å². The van der Waals surface area contributed by atoms with E-state index in [0.717, 1.165) is 24.0 Å². The molecule has 0 amide bonds. The minimum Gasteiger partial charge on any atom is -0.478 e. The van der Waals surface area contributed by atoms with Gasteiger partial charge in [0.15, 0.2) is 0 Å². The average Bonchev–Trinajstić information content (AvgIpc) is 2.47. The third kappa shape index (κ3) is 2.44. The number of aromatic carboxylic acids is 1. The van der Waals surface area contributed by atoms with E-state index >= 15 is 0 Å². The van der Waals surface area contributed by atoms with E-state index in [0.29, 0.717) is 0 Å². The number of carboxylic acid groups (broad SMARTS) is 1. The number of rotatable bonds is 2. The molecule has 3 heteroatoms. The largest absolute Gasteiger partial charge is 0.478 e. The molecule has 2 aromatic rings. The zero-order valence-corrected chi connectivity index (χ0v) is 11.8. The summed E-state index contributed by atoms with van der Waals surface area (Å²) in [4.78, 5) is 11.2.